The van der Waals surface area contributed by atoms with Gasteiger partial charge in [-0.25, -0.2) is 13.4 Å². The topological polar surface area (TPSA) is 164 Å². The lowest BCUT2D eigenvalue weighted by molar-refractivity contribution is -0.148. The maximum Gasteiger partial charge on any atom is 0.259 e. The Morgan fingerprint density at radius 1 is 1.00 bits per heavy atom. The predicted octanol–water partition coefficient (Wildman–Crippen LogP) is 5.57. The molecule has 320 valence electrons. The maximum absolute atomic E-state index is 15.1. The normalized spacial score (nSPS) is 22.8. The molecule has 8 rings (SSSR count). The summed E-state index contributed by atoms with van der Waals surface area (Å²) in [5, 5.41) is 2.94. The summed E-state index contributed by atoms with van der Waals surface area (Å²) in [6.45, 7) is 10.6. The van der Waals surface area contributed by atoms with Gasteiger partial charge in [0.15, 0.2) is 0 Å². The minimum Gasteiger partial charge on any atom is -0.497 e. The number of hydrogen-bond acceptors (Lipinski definition) is 9. The first-order chi connectivity index (χ1) is 29.1. The second kappa shape index (κ2) is 16.3. The molecule has 61 heavy (non-hydrogen) atoms. The largest absolute Gasteiger partial charge is 0.497 e. The standard InChI is InChI=1S/C47H53N5O8S/c1-6-32-26-47(32,45(56)50-61(57,58)35-17-18-35)49-43(54)40-23-34(60-41-25-38(30-13-8-7-9-14-30)48-39-22-33(59-5)16-19-36(39)41)28-52(40)44(55)37(46(2,3)4)24-42(53)51-21-20-29-12-10-11-15-31(29)27-51/h6-16,19,22,25,32,34-35,37,40H,1,17-18,20-21,23-24,26-28H2,2-5H3,(H,49,54)(H,50,56)/t32?,34-,37-,40+,47?/m1/s1. The Hall–Kier alpha value is -5.76. The van der Waals surface area contributed by atoms with Crippen molar-refractivity contribution in [2.75, 3.05) is 20.2 Å². The first-order valence-electron chi connectivity index (χ1n) is 21.0. The van der Waals surface area contributed by atoms with E-state index in [2.05, 4.69) is 22.7 Å². The van der Waals surface area contributed by atoms with Gasteiger partial charge in [0.1, 0.15) is 29.2 Å². The van der Waals surface area contributed by atoms with Crippen LogP contribution in [0.25, 0.3) is 22.2 Å². The van der Waals surface area contributed by atoms with Gasteiger partial charge in [0, 0.05) is 54.9 Å². The minimum atomic E-state index is -3.91. The quantitative estimate of drug-likeness (QED) is 0.164. The van der Waals surface area contributed by atoms with Gasteiger partial charge in [-0.3, -0.25) is 23.9 Å². The minimum absolute atomic E-state index is 0.00949. The van der Waals surface area contributed by atoms with Crippen LogP contribution < -0.4 is 19.5 Å². The van der Waals surface area contributed by atoms with Gasteiger partial charge in [-0.15, -0.1) is 6.58 Å². The molecule has 5 atom stereocenters. The third-order valence-electron chi connectivity index (χ3n) is 12.6. The Kier molecular flexibility index (Phi) is 11.2. The Balaban J connectivity index is 1.11. The van der Waals surface area contributed by atoms with Crippen LogP contribution in [0.4, 0.5) is 0 Å². The zero-order chi connectivity index (χ0) is 43.3. The molecule has 3 heterocycles. The number of pyridine rings is 1. The molecule has 2 N–H and O–H groups in total. The zero-order valence-corrected chi connectivity index (χ0v) is 35.9. The summed E-state index contributed by atoms with van der Waals surface area (Å²) >= 11 is 0. The Labute approximate surface area is 356 Å². The van der Waals surface area contributed by atoms with E-state index in [1.165, 1.54) is 16.5 Å². The van der Waals surface area contributed by atoms with E-state index in [4.69, 9.17) is 14.5 Å². The number of amides is 4. The maximum atomic E-state index is 15.1. The van der Waals surface area contributed by atoms with Gasteiger partial charge in [0.05, 0.1) is 36.0 Å². The summed E-state index contributed by atoms with van der Waals surface area (Å²) in [4.78, 5) is 65.7. The van der Waals surface area contributed by atoms with Gasteiger partial charge < -0.3 is 24.6 Å². The number of nitrogens with one attached hydrogen (secondary N) is 2. The van der Waals surface area contributed by atoms with Gasteiger partial charge in [-0.1, -0.05) is 81.4 Å². The predicted molar refractivity (Wildman–Crippen MR) is 231 cm³/mol. The average molecular weight is 848 g/mol. The zero-order valence-electron chi connectivity index (χ0n) is 35.1. The van der Waals surface area contributed by atoms with Crippen LogP contribution in [-0.4, -0.2) is 90.0 Å². The number of methoxy groups -OCH3 is 1. The number of carbonyl (C=O) groups excluding carboxylic acids is 4. The van der Waals surface area contributed by atoms with Crippen LogP contribution in [-0.2, 0) is 42.2 Å². The van der Waals surface area contributed by atoms with Crippen LogP contribution in [0.2, 0.25) is 0 Å². The molecule has 2 aliphatic carbocycles. The van der Waals surface area contributed by atoms with E-state index in [0.29, 0.717) is 54.0 Å². The molecule has 4 aromatic rings. The fourth-order valence-corrected chi connectivity index (χ4v) is 10.1. The second-order valence-corrected chi connectivity index (χ2v) is 19.8. The second-order valence-electron chi connectivity index (χ2n) is 17.9. The van der Waals surface area contributed by atoms with Crippen LogP contribution >= 0.6 is 0 Å². The molecule has 13 nitrogen and oxygen atoms in total. The Morgan fingerprint density at radius 2 is 1.72 bits per heavy atom. The molecule has 4 amide bonds. The number of benzene rings is 3. The molecule has 4 aliphatic rings. The number of fused-ring (bicyclic) bond motifs is 2. The van der Waals surface area contributed by atoms with Gasteiger partial charge >= 0.3 is 0 Å². The fraction of sp³-hybridized carbons (Fsp3) is 0.426. The fourth-order valence-electron chi connectivity index (χ4n) is 8.71. The number of hydrogen-bond donors (Lipinski definition) is 2. The molecular weight excluding hydrogens is 795 g/mol. The molecule has 3 aromatic carbocycles. The van der Waals surface area contributed by atoms with E-state index in [1.807, 2.05) is 93.6 Å². The van der Waals surface area contributed by atoms with E-state index in [0.717, 1.165) is 17.5 Å². The molecule has 0 spiro atoms. The summed E-state index contributed by atoms with van der Waals surface area (Å²) < 4.78 is 40.2. The van der Waals surface area contributed by atoms with Crippen LogP contribution in [0.15, 0.2) is 91.5 Å². The van der Waals surface area contributed by atoms with Crippen molar-refractivity contribution in [3.05, 3.63) is 103 Å². The van der Waals surface area contributed by atoms with Gasteiger partial charge in [0.2, 0.25) is 27.7 Å². The molecule has 2 saturated carbocycles. The molecule has 0 bridgehead atoms. The van der Waals surface area contributed by atoms with Crippen molar-refractivity contribution in [1.29, 1.82) is 0 Å². The van der Waals surface area contributed by atoms with E-state index in [-0.39, 0.29) is 37.6 Å². The number of sulfonamides is 1. The number of likely N-dealkylation sites (tertiary alicyclic amines) is 1. The highest BCUT2D eigenvalue weighted by Gasteiger charge is 2.62. The van der Waals surface area contributed by atoms with Crippen LogP contribution in [0, 0.1) is 17.3 Å². The molecule has 14 heteroatoms. The van der Waals surface area contributed by atoms with Crippen LogP contribution in [0.1, 0.15) is 64.0 Å². The van der Waals surface area contributed by atoms with Crippen molar-refractivity contribution in [1.82, 2.24) is 24.8 Å². The highest BCUT2D eigenvalue weighted by molar-refractivity contribution is 7.91. The summed E-state index contributed by atoms with van der Waals surface area (Å²) in [5.74, 6) is -2.20. The van der Waals surface area contributed by atoms with Crippen molar-refractivity contribution >= 4 is 44.6 Å². The van der Waals surface area contributed by atoms with Crippen LogP contribution in [0.5, 0.6) is 11.5 Å². The molecule has 1 saturated heterocycles. The van der Waals surface area contributed by atoms with Crippen molar-refractivity contribution in [2.24, 2.45) is 17.3 Å². The van der Waals surface area contributed by atoms with E-state index in [1.54, 1.807) is 12.0 Å². The van der Waals surface area contributed by atoms with Crippen molar-refractivity contribution in [3.63, 3.8) is 0 Å². The summed E-state index contributed by atoms with van der Waals surface area (Å²) in [7, 11) is -2.33. The Morgan fingerprint density at radius 3 is 2.39 bits per heavy atom. The molecule has 2 unspecified atom stereocenters. The molecule has 0 radical (unpaired) electrons. The number of nitrogens with zero attached hydrogens (tertiary/aromatic N) is 3. The number of rotatable bonds is 13. The third-order valence-corrected chi connectivity index (χ3v) is 14.5. The van der Waals surface area contributed by atoms with E-state index < -0.39 is 62.0 Å². The first-order valence-corrected chi connectivity index (χ1v) is 22.5. The number of ether oxygens (including phenoxy) is 2. The third kappa shape index (κ3) is 8.59. The van der Waals surface area contributed by atoms with Gasteiger partial charge in [-0.2, -0.15) is 0 Å². The van der Waals surface area contributed by atoms with Gasteiger partial charge in [0.25, 0.3) is 5.91 Å². The highest BCUT2D eigenvalue weighted by Crippen LogP contribution is 2.46. The highest BCUT2D eigenvalue weighted by atomic mass is 32.2. The summed E-state index contributed by atoms with van der Waals surface area (Å²) in [6, 6.07) is 23.9. The average Bonchev–Trinajstić information content (AvgIpc) is 4.18. The van der Waals surface area contributed by atoms with Crippen molar-refractivity contribution in [2.45, 2.75) is 88.8 Å². The van der Waals surface area contributed by atoms with E-state index in [9.17, 15) is 22.8 Å². The summed E-state index contributed by atoms with van der Waals surface area (Å²) in [6.07, 6.45) is 2.62. The Bertz CT molecular complexity index is 2500. The van der Waals surface area contributed by atoms with Gasteiger partial charge in [-0.05, 0) is 54.4 Å². The lowest BCUT2D eigenvalue weighted by Gasteiger charge is -2.37. The van der Waals surface area contributed by atoms with Crippen molar-refractivity contribution in [3.8, 4) is 22.8 Å². The van der Waals surface area contributed by atoms with Crippen LogP contribution in [0.3, 0.4) is 0 Å². The SMILES string of the molecule is C=CC1CC1(NC(=O)[C@@H]1C[C@@H](Oc2cc(-c3ccccc3)nc3cc(OC)ccc23)CN1C(=O)[C@@H](CC(=O)N1CCc2ccccc2C1)C(C)(C)C)C(=O)NS(=O)(=O)C1CC1. The molecule has 2 aliphatic heterocycles. The number of aromatic nitrogens is 1. The number of carbonyl (C=O) groups is 4. The smallest absolute Gasteiger partial charge is 0.259 e. The summed E-state index contributed by atoms with van der Waals surface area (Å²) in [5.41, 5.74) is 2.19. The lowest BCUT2D eigenvalue weighted by atomic mass is 9.77. The molecule has 3 fully saturated rings. The lowest BCUT2D eigenvalue weighted by Crippen LogP contribution is -2.57. The monoisotopic (exact) mass is 847 g/mol. The first kappa shape index (κ1) is 42.0. The van der Waals surface area contributed by atoms with Crippen molar-refractivity contribution < 1.29 is 37.1 Å². The molecule has 1 aromatic heterocycles. The van der Waals surface area contributed by atoms with E-state index >= 15 is 4.79 Å². The molecular formula is C47H53N5O8S.